The zero-order chi connectivity index (χ0) is 32.1. The average molecular weight is 646 g/mol. The normalized spacial score (nSPS) is 15.2. The summed E-state index contributed by atoms with van der Waals surface area (Å²) in [6.07, 6.45) is 17.8. The number of quaternary nitrogens is 2. The summed E-state index contributed by atoms with van der Waals surface area (Å²) in [6.45, 7) is 25.9. The lowest BCUT2D eigenvalue weighted by atomic mass is 10.2. The number of para-hydroxylation sites is 2. The van der Waals surface area contributed by atoms with Gasteiger partial charge in [-0.25, -0.2) is 0 Å². The highest BCUT2D eigenvalue weighted by atomic mass is 32.2. The molecule has 0 fully saturated rings. The molecule has 0 bridgehead atoms. The van der Waals surface area contributed by atoms with E-state index in [9.17, 15) is 0 Å². The van der Waals surface area contributed by atoms with Gasteiger partial charge in [-0.15, -0.1) is 0 Å². The molecule has 1 aliphatic rings. The van der Waals surface area contributed by atoms with E-state index in [-0.39, 0.29) is 0 Å². The Bertz CT molecular complexity index is 1460. The minimum Gasteiger partial charge on any atom is -0.335 e. The second kappa shape index (κ2) is 17.3. The number of benzene rings is 2. The molecule has 0 spiro atoms. The van der Waals surface area contributed by atoms with Crippen molar-refractivity contribution in [2.24, 2.45) is 0 Å². The minimum atomic E-state index is 1.06. The van der Waals surface area contributed by atoms with Gasteiger partial charge in [0.2, 0.25) is 5.52 Å². The molecule has 4 nitrogen and oxygen atoms in total. The first kappa shape index (κ1) is 35.2. The van der Waals surface area contributed by atoms with E-state index in [1.165, 1.54) is 105 Å². The molecule has 2 aromatic carbocycles. The van der Waals surface area contributed by atoms with Crippen molar-refractivity contribution in [3.05, 3.63) is 95.0 Å². The summed E-state index contributed by atoms with van der Waals surface area (Å²) in [6, 6.07) is 17.7. The van der Waals surface area contributed by atoms with Crippen LogP contribution in [-0.4, -0.2) is 67.9 Å². The molecule has 2 heterocycles. The van der Waals surface area contributed by atoms with Gasteiger partial charge >= 0.3 is 0 Å². The summed E-state index contributed by atoms with van der Waals surface area (Å²) in [4.78, 5) is 3.88. The lowest BCUT2D eigenvalue weighted by molar-refractivity contribution is -0.925. The summed E-state index contributed by atoms with van der Waals surface area (Å²) < 4.78 is 6.29. The molecule has 1 aliphatic heterocycles. The smallest absolute Gasteiger partial charge is 0.262 e. The van der Waals surface area contributed by atoms with Crippen LogP contribution in [-0.2, 0) is 6.54 Å². The van der Waals surface area contributed by atoms with Crippen molar-refractivity contribution in [3.63, 3.8) is 0 Å². The highest BCUT2D eigenvalue weighted by molar-refractivity contribution is 8.03. The Hall–Kier alpha value is -2.64. The van der Waals surface area contributed by atoms with Crippen molar-refractivity contribution in [2.45, 2.75) is 65.8 Å². The molecule has 4 rings (SSSR count). The molecule has 3 aromatic rings. The van der Waals surface area contributed by atoms with Crippen LogP contribution in [0.15, 0.2) is 94.9 Å². The van der Waals surface area contributed by atoms with Gasteiger partial charge in [-0.3, -0.25) is 0 Å². The zero-order valence-corrected chi connectivity index (χ0v) is 30.4. The third-order valence-corrected chi connectivity index (χ3v) is 12.5. The van der Waals surface area contributed by atoms with Crippen LogP contribution >= 0.6 is 23.1 Å². The zero-order valence-electron chi connectivity index (χ0n) is 28.8. The van der Waals surface area contributed by atoms with Gasteiger partial charge in [0.1, 0.15) is 4.70 Å². The summed E-state index contributed by atoms with van der Waals surface area (Å²) in [5.74, 6) is 0. The van der Waals surface area contributed by atoms with Gasteiger partial charge in [0, 0.05) is 30.0 Å². The van der Waals surface area contributed by atoms with Gasteiger partial charge < -0.3 is 13.9 Å². The number of nitrogens with zero attached hydrogens (tertiary/aromatic N) is 4. The Balaban J connectivity index is 1.40. The first-order chi connectivity index (χ1) is 22.0. The molecule has 1 aromatic heterocycles. The summed E-state index contributed by atoms with van der Waals surface area (Å²) >= 11 is 3.78. The number of anilines is 1. The average Bonchev–Trinajstić information content (AvgIpc) is 3.62. The molecule has 0 aliphatic carbocycles. The largest absolute Gasteiger partial charge is 0.335 e. The number of thiazole rings is 1. The van der Waals surface area contributed by atoms with Crippen LogP contribution in [0.25, 0.3) is 16.3 Å². The quantitative estimate of drug-likeness (QED) is 0.0773. The van der Waals surface area contributed by atoms with E-state index in [1.54, 1.807) is 0 Å². The van der Waals surface area contributed by atoms with Crippen molar-refractivity contribution in [3.8, 4) is 0 Å². The second-order valence-corrected chi connectivity index (χ2v) is 14.3. The van der Waals surface area contributed by atoms with Crippen LogP contribution in [0, 0.1) is 0 Å². The maximum atomic E-state index is 2.52. The first-order valence-electron chi connectivity index (χ1n) is 17.3. The van der Waals surface area contributed by atoms with Gasteiger partial charge in [0.05, 0.1) is 69.5 Å². The van der Waals surface area contributed by atoms with Crippen molar-refractivity contribution >= 4 is 45.1 Å². The van der Waals surface area contributed by atoms with Gasteiger partial charge in [-0.2, -0.15) is 4.57 Å². The fourth-order valence-corrected chi connectivity index (χ4v) is 8.90. The van der Waals surface area contributed by atoms with Crippen LogP contribution < -0.4 is 9.47 Å². The molecular weight excluding hydrogens is 589 g/mol. The summed E-state index contributed by atoms with van der Waals surface area (Å²) in [5, 5.41) is 2.64. The number of aromatic nitrogens is 1. The number of rotatable bonds is 18. The van der Waals surface area contributed by atoms with Crippen LogP contribution in [0.3, 0.4) is 0 Å². The lowest BCUT2D eigenvalue weighted by Gasteiger charge is -2.36. The SMILES string of the molecule is CC[N+](CC)(CC)CCCN1\C(=C/C=C/C=C/C=C/c2sc3ccccc3[n+]2CCC[N+](CC)(CC)CC)Sc2ccccc21. The fourth-order valence-electron chi connectivity index (χ4n) is 6.70. The lowest BCUT2D eigenvalue weighted by Crippen LogP contribution is -2.49. The third kappa shape index (κ3) is 8.79. The van der Waals surface area contributed by atoms with Crippen molar-refractivity contribution in [2.75, 3.05) is 63.8 Å². The monoisotopic (exact) mass is 645 g/mol. The van der Waals surface area contributed by atoms with Crippen molar-refractivity contribution in [1.82, 2.24) is 0 Å². The molecule has 242 valence electrons. The maximum Gasteiger partial charge on any atom is 0.262 e. The topological polar surface area (TPSA) is 7.12 Å². The maximum absolute atomic E-state index is 2.52. The van der Waals surface area contributed by atoms with Gasteiger partial charge in [-0.1, -0.05) is 77.7 Å². The molecular formula is C39H57N4S2+3. The van der Waals surface area contributed by atoms with Crippen molar-refractivity contribution in [1.29, 1.82) is 0 Å². The first-order valence-corrected chi connectivity index (χ1v) is 19.0. The predicted octanol–water partition coefficient (Wildman–Crippen LogP) is 9.30. The van der Waals surface area contributed by atoms with Gasteiger partial charge in [-0.05, 0) is 65.8 Å². The Morgan fingerprint density at radius 2 is 1.29 bits per heavy atom. The van der Waals surface area contributed by atoms with Crippen LogP contribution in [0.5, 0.6) is 0 Å². The van der Waals surface area contributed by atoms with Gasteiger partial charge in [0.25, 0.3) is 5.01 Å². The Labute approximate surface area is 282 Å². The van der Waals surface area contributed by atoms with E-state index >= 15 is 0 Å². The molecule has 6 heteroatoms. The van der Waals surface area contributed by atoms with E-state index in [1.807, 2.05) is 23.1 Å². The van der Waals surface area contributed by atoms with E-state index in [2.05, 4.69) is 142 Å². The van der Waals surface area contributed by atoms with E-state index in [4.69, 9.17) is 0 Å². The Morgan fingerprint density at radius 3 is 2.00 bits per heavy atom. The van der Waals surface area contributed by atoms with Crippen LogP contribution in [0.1, 0.15) is 59.4 Å². The van der Waals surface area contributed by atoms with Crippen LogP contribution in [0.4, 0.5) is 5.69 Å². The number of fused-ring (bicyclic) bond motifs is 2. The number of aryl methyl sites for hydroxylation is 1. The standard InChI is InChI=1S/C39H57N4S2/c1-7-42(8-2,9-3)32-22-30-40-34-24-18-20-26-36(34)44-38(40)28-16-14-13-15-17-29-39-41(35-25-19-21-27-37(35)45-39)31-23-33-43(10-4,11-5)12-6/h13-21,24-29H,7-12,22-23,30-33H2,1-6H3/q+3. The molecule has 45 heavy (non-hydrogen) atoms. The minimum absolute atomic E-state index is 1.06. The van der Waals surface area contributed by atoms with Crippen molar-refractivity contribution < 1.29 is 13.5 Å². The summed E-state index contributed by atoms with van der Waals surface area (Å²) in [7, 11) is 0. The number of allylic oxidation sites excluding steroid dienone is 6. The molecule has 0 N–H and O–H groups in total. The molecule has 0 radical (unpaired) electrons. The fraction of sp³-hybridized carbons (Fsp3) is 0.462. The number of hydrogen-bond acceptors (Lipinski definition) is 3. The van der Waals surface area contributed by atoms with E-state index in [0.717, 1.165) is 13.1 Å². The third-order valence-electron chi connectivity index (χ3n) is 10.2. The predicted molar refractivity (Wildman–Crippen MR) is 200 cm³/mol. The van der Waals surface area contributed by atoms with Crippen LogP contribution in [0.2, 0.25) is 0 Å². The van der Waals surface area contributed by atoms with E-state index in [0.29, 0.717) is 0 Å². The molecule has 0 saturated heterocycles. The Morgan fingerprint density at radius 1 is 0.689 bits per heavy atom. The Kier molecular flexibility index (Phi) is 13.6. The molecule has 0 unspecified atom stereocenters. The van der Waals surface area contributed by atoms with Gasteiger partial charge in [0.15, 0.2) is 6.54 Å². The molecule has 0 amide bonds. The highest BCUT2D eigenvalue weighted by Gasteiger charge is 2.27. The summed E-state index contributed by atoms with van der Waals surface area (Å²) in [5.41, 5.74) is 2.70. The molecule has 0 saturated carbocycles. The molecule has 0 atom stereocenters. The number of thioether (sulfide) groups is 1. The highest BCUT2D eigenvalue weighted by Crippen LogP contribution is 2.45. The second-order valence-electron chi connectivity index (χ2n) is 12.1. The van der Waals surface area contributed by atoms with E-state index < -0.39 is 0 Å². The number of hydrogen-bond donors (Lipinski definition) is 0.